The third kappa shape index (κ3) is 4.69. The van der Waals surface area contributed by atoms with E-state index in [1.807, 2.05) is 30.3 Å². The summed E-state index contributed by atoms with van der Waals surface area (Å²) in [6.07, 6.45) is 4.61. The molecule has 0 fully saturated rings. The molecule has 22 heavy (non-hydrogen) atoms. The summed E-state index contributed by atoms with van der Waals surface area (Å²) < 4.78 is 0. The van der Waals surface area contributed by atoms with Crippen LogP contribution in [0.25, 0.3) is 6.08 Å². The molecule has 0 radical (unpaired) electrons. The van der Waals surface area contributed by atoms with E-state index in [0.29, 0.717) is 5.15 Å². The highest BCUT2D eigenvalue weighted by Crippen LogP contribution is 2.18. The van der Waals surface area contributed by atoms with Crippen molar-refractivity contribution in [3.05, 3.63) is 71.0 Å². The third-order valence-corrected chi connectivity index (χ3v) is 3.40. The van der Waals surface area contributed by atoms with Gasteiger partial charge in [-0.1, -0.05) is 48.0 Å². The van der Waals surface area contributed by atoms with Crippen molar-refractivity contribution in [3.8, 4) is 0 Å². The normalized spacial score (nSPS) is 13.8. The summed E-state index contributed by atoms with van der Waals surface area (Å²) in [6, 6.07) is 12.6. The fraction of sp³-hybridized carbons (Fsp3) is 0.176. The van der Waals surface area contributed by atoms with Crippen LogP contribution in [0.15, 0.2) is 54.7 Å². The smallest absolute Gasteiger partial charge is 0.244 e. The fourth-order valence-electron chi connectivity index (χ4n) is 1.88. The quantitative estimate of drug-likeness (QED) is 0.658. The highest BCUT2D eigenvalue weighted by Gasteiger charge is 2.22. The molecule has 1 unspecified atom stereocenters. The zero-order valence-electron chi connectivity index (χ0n) is 12.2. The SMILES string of the molecule is CC(O)(CNC(=O)/C=C/c1ccc(Cl)nc1)c1ccccc1. The number of hydrogen-bond donors (Lipinski definition) is 2. The van der Waals surface area contributed by atoms with Crippen LogP contribution in [0, 0.1) is 0 Å². The molecular formula is C17H17ClN2O2. The standard InChI is InChI=1S/C17H17ClN2O2/c1-17(22,14-5-3-2-4-6-14)12-20-16(21)10-8-13-7-9-15(18)19-11-13/h2-11,22H,12H2,1H3,(H,20,21)/b10-8+. The molecule has 2 N–H and O–H groups in total. The van der Waals surface area contributed by atoms with Crippen LogP contribution in [0.2, 0.25) is 5.15 Å². The van der Waals surface area contributed by atoms with Gasteiger partial charge in [0.1, 0.15) is 10.8 Å². The van der Waals surface area contributed by atoms with Gasteiger partial charge in [-0.05, 0) is 30.2 Å². The average molecular weight is 317 g/mol. The number of hydrogen-bond acceptors (Lipinski definition) is 3. The van der Waals surface area contributed by atoms with Crippen molar-refractivity contribution in [1.82, 2.24) is 10.3 Å². The topological polar surface area (TPSA) is 62.2 Å². The summed E-state index contributed by atoms with van der Waals surface area (Å²) in [6.45, 7) is 1.79. The second-order valence-electron chi connectivity index (χ2n) is 5.11. The molecule has 0 saturated heterocycles. The Bertz CT molecular complexity index is 652. The van der Waals surface area contributed by atoms with Crippen LogP contribution < -0.4 is 5.32 Å². The van der Waals surface area contributed by atoms with Gasteiger partial charge in [0, 0.05) is 12.3 Å². The molecule has 2 aromatic rings. The number of pyridine rings is 1. The molecule has 0 aliphatic rings. The Kier molecular flexibility index (Phi) is 5.31. The van der Waals surface area contributed by atoms with E-state index in [-0.39, 0.29) is 12.5 Å². The molecule has 0 spiro atoms. The van der Waals surface area contributed by atoms with Gasteiger partial charge in [-0.15, -0.1) is 0 Å². The summed E-state index contributed by atoms with van der Waals surface area (Å²) in [5.41, 5.74) is 0.405. The zero-order chi connectivity index (χ0) is 16.0. The number of aromatic nitrogens is 1. The molecule has 0 saturated carbocycles. The van der Waals surface area contributed by atoms with Crippen molar-refractivity contribution in [2.24, 2.45) is 0 Å². The van der Waals surface area contributed by atoms with Crippen molar-refractivity contribution in [2.75, 3.05) is 6.54 Å². The van der Waals surface area contributed by atoms with Crippen LogP contribution in [0.1, 0.15) is 18.1 Å². The van der Waals surface area contributed by atoms with E-state index in [1.54, 1.807) is 31.3 Å². The van der Waals surface area contributed by atoms with Crippen molar-refractivity contribution in [2.45, 2.75) is 12.5 Å². The molecule has 2 rings (SSSR count). The molecular weight excluding hydrogens is 300 g/mol. The number of benzene rings is 1. The van der Waals surface area contributed by atoms with Crippen molar-refractivity contribution < 1.29 is 9.90 Å². The molecule has 0 aliphatic heterocycles. The Labute approximate surface area is 134 Å². The molecule has 1 amide bonds. The van der Waals surface area contributed by atoms with Crippen LogP contribution >= 0.6 is 11.6 Å². The van der Waals surface area contributed by atoms with Gasteiger partial charge in [0.2, 0.25) is 5.91 Å². The summed E-state index contributed by atoms with van der Waals surface area (Å²) in [4.78, 5) is 15.7. The van der Waals surface area contributed by atoms with Crippen molar-refractivity contribution in [1.29, 1.82) is 0 Å². The van der Waals surface area contributed by atoms with E-state index < -0.39 is 5.60 Å². The number of aliphatic hydroxyl groups is 1. The van der Waals surface area contributed by atoms with Crippen LogP contribution in [-0.2, 0) is 10.4 Å². The third-order valence-electron chi connectivity index (χ3n) is 3.18. The van der Waals surface area contributed by atoms with E-state index in [0.717, 1.165) is 11.1 Å². The molecule has 1 atom stereocenters. The number of halogens is 1. The minimum atomic E-state index is -1.12. The predicted octanol–water partition coefficient (Wildman–Crippen LogP) is 2.77. The largest absolute Gasteiger partial charge is 0.384 e. The fourth-order valence-corrected chi connectivity index (χ4v) is 1.99. The van der Waals surface area contributed by atoms with Gasteiger partial charge in [-0.2, -0.15) is 0 Å². The lowest BCUT2D eigenvalue weighted by atomic mass is 9.96. The van der Waals surface area contributed by atoms with Gasteiger partial charge in [0.05, 0.1) is 6.54 Å². The van der Waals surface area contributed by atoms with Crippen molar-refractivity contribution in [3.63, 3.8) is 0 Å². The van der Waals surface area contributed by atoms with E-state index in [2.05, 4.69) is 10.3 Å². The predicted molar refractivity (Wildman–Crippen MR) is 87.3 cm³/mol. The van der Waals surface area contributed by atoms with Gasteiger partial charge in [0.25, 0.3) is 0 Å². The number of carbonyl (C=O) groups is 1. The van der Waals surface area contributed by atoms with E-state index >= 15 is 0 Å². The maximum atomic E-state index is 11.8. The summed E-state index contributed by atoms with van der Waals surface area (Å²) in [5.74, 6) is -0.286. The van der Waals surface area contributed by atoms with Crippen LogP contribution in [0.3, 0.4) is 0 Å². The zero-order valence-corrected chi connectivity index (χ0v) is 12.9. The Hall–Kier alpha value is -2.17. The molecule has 0 aliphatic carbocycles. The first-order valence-corrected chi connectivity index (χ1v) is 7.20. The first-order chi connectivity index (χ1) is 10.5. The lowest BCUT2D eigenvalue weighted by molar-refractivity contribution is -0.117. The monoisotopic (exact) mass is 316 g/mol. The summed E-state index contributed by atoms with van der Waals surface area (Å²) in [7, 11) is 0. The van der Waals surface area contributed by atoms with Gasteiger partial charge in [-0.25, -0.2) is 4.98 Å². The molecule has 114 valence electrons. The van der Waals surface area contributed by atoms with Crippen LogP contribution in [-0.4, -0.2) is 22.5 Å². The second-order valence-corrected chi connectivity index (χ2v) is 5.49. The van der Waals surface area contributed by atoms with Crippen LogP contribution in [0.5, 0.6) is 0 Å². The summed E-state index contributed by atoms with van der Waals surface area (Å²) >= 11 is 5.69. The highest BCUT2D eigenvalue weighted by atomic mass is 35.5. The molecule has 1 aromatic carbocycles. The Morgan fingerprint density at radius 3 is 2.68 bits per heavy atom. The van der Waals surface area contributed by atoms with E-state index in [1.165, 1.54) is 6.08 Å². The number of nitrogens with zero attached hydrogens (tertiary/aromatic N) is 1. The number of amides is 1. The first kappa shape index (κ1) is 16.2. The number of rotatable bonds is 5. The van der Waals surface area contributed by atoms with Crippen LogP contribution in [0.4, 0.5) is 0 Å². The van der Waals surface area contributed by atoms with Gasteiger partial charge in [0.15, 0.2) is 0 Å². The lowest BCUT2D eigenvalue weighted by Crippen LogP contribution is -2.37. The summed E-state index contributed by atoms with van der Waals surface area (Å²) in [5, 5.41) is 13.5. The Morgan fingerprint density at radius 1 is 1.32 bits per heavy atom. The maximum absolute atomic E-state index is 11.8. The van der Waals surface area contributed by atoms with Gasteiger partial charge in [-0.3, -0.25) is 4.79 Å². The Balaban J connectivity index is 1.91. The first-order valence-electron chi connectivity index (χ1n) is 6.83. The molecule has 5 heteroatoms. The lowest BCUT2D eigenvalue weighted by Gasteiger charge is -2.23. The molecule has 4 nitrogen and oxygen atoms in total. The van der Waals surface area contributed by atoms with E-state index in [9.17, 15) is 9.90 Å². The maximum Gasteiger partial charge on any atom is 0.244 e. The van der Waals surface area contributed by atoms with E-state index in [4.69, 9.17) is 11.6 Å². The second kappa shape index (κ2) is 7.20. The average Bonchev–Trinajstić information content (AvgIpc) is 2.53. The minimum Gasteiger partial charge on any atom is -0.384 e. The minimum absolute atomic E-state index is 0.124. The molecule has 0 bridgehead atoms. The van der Waals surface area contributed by atoms with Gasteiger partial charge < -0.3 is 10.4 Å². The van der Waals surface area contributed by atoms with Gasteiger partial charge >= 0.3 is 0 Å². The number of nitrogens with one attached hydrogen (secondary N) is 1. The van der Waals surface area contributed by atoms with Crippen molar-refractivity contribution >= 4 is 23.6 Å². The molecule has 1 aromatic heterocycles. The Morgan fingerprint density at radius 2 is 2.05 bits per heavy atom. The number of carbonyl (C=O) groups excluding carboxylic acids is 1. The molecule has 1 heterocycles. The highest BCUT2D eigenvalue weighted by molar-refractivity contribution is 6.29.